The third kappa shape index (κ3) is 2.38. The first-order chi connectivity index (χ1) is 8.24. The van der Waals surface area contributed by atoms with Crippen LogP contribution in [0.5, 0.6) is 5.75 Å². The van der Waals surface area contributed by atoms with Crippen LogP contribution in [0.15, 0.2) is 30.4 Å². The van der Waals surface area contributed by atoms with E-state index in [-0.39, 0.29) is 5.97 Å². The summed E-state index contributed by atoms with van der Waals surface area (Å²) in [6, 6.07) is 5.87. The van der Waals surface area contributed by atoms with Crippen molar-refractivity contribution in [2.45, 2.75) is 6.92 Å². The monoisotopic (exact) mass is 230 g/mol. The standard InChI is InChI=1S/C14H14O3/c1-3-17-14(15)7-5-11-8-10-4-6-12(16-2)9-13(10)11/h4-9H,3H2,1-2H3/b7-5+. The lowest BCUT2D eigenvalue weighted by atomic mass is 9.88. The van der Waals surface area contributed by atoms with Gasteiger partial charge in [0.25, 0.3) is 0 Å². The smallest absolute Gasteiger partial charge is 0.330 e. The van der Waals surface area contributed by atoms with Gasteiger partial charge in [0.15, 0.2) is 0 Å². The summed E-state index contributed by atoms with van der Waals surface area (Å²) in [5.41, 5.74) is 3.28. The highest BCUT2D eigenvalue weighted by atomic mass is 16.5. The van der Waals surface area contributed by atoms with Crippen molar-refractivity contribution in [1.29, 1.82) is 0 Å². The van der Waals surface area contributed by atoms with Crippen molar-refractivity contribution in [2.75, 3.05) is 13.7 Å². The van der Waals surface area contributed by atoms with Crippen LogP contribution in [0.1, 0.15) is 18.1 Å². The Kier molecular flexibility index (Phi) is 3.28. The van der Waals surface area contributed by atoms with E-state index in [1.54, 1.807) is 20.1 Å². The minimum Gasteiger partial charge on any atom is -0.497 e. The maximum absolute atomic E-state index is 11.2. The lowest BCUT2D eigenvalue weighted by Gasteiger charge is -2.18. The van der Waals surface area contributed by atoms with Gasteiger partial charge in [-0.3, -0.25) is 0 Å². The van der Waals surface area contributed by atoms with Crippen molar-refractivity contribution >= 4 is 17.6 Å². The Bertz CT molecular complexity index is 498. The SMILES string of the molecule is CCOC(=O)/C=C/C1=Cc2ccc(OC)cc21. The summed E-state index contributed by atoms with van der Waals surface area (Å²) in [5.74, 6) is 0.503. The van der Waals surface area contributed by atoms with Crippen LogP contribution in [0.2, 0.25) is 0 Å². The average Bonchev–Trinajstić information content (AvgIpc) is 2.31. The molecule has 3 nitrogen and oxygen atoms in total. The third-order valence-corrected chi connectivity index (χ3v) is 2.57. The summed E-state index contributed by atoms with van der Waals surface area (Å²) in [7, 11) is 1.64. The van der Waals surface area contributed by atoms with Gasteiger partial charge in [0.2, 0.25) is 0 Å². The molecule has 0 aromatic heterocycles. The van der Waals surface area contributed by atoms with Gasteiger partial charge in [-0.2, -0.15) is 0 Å². The Balaban J connectivity index is 2.08. The van der Waals surface area contributed by atoms with E-state index < -0.39 is 0 Å². The first-order valence-electron chi connectivity index (χ1n) is 5.49. The number of methoxy groups -OCH3 is 1. The molecule has 0 fully saturated rings. The zero-order valence-electron chi connectivity index (χ0n) is 9.90. The van der Waals surface area contributed by atoms with Crippen LogP contribution in [0.25, 0.3) is 11.6 Å². The van der Waals surface area contributed by atoms with E-state index in [9.17, 15) is 4.79 Å². The maximum Gasteiger partial charge on any atom is 0.330 e. The lowest BCUT2D eigenvalue weighted by molar-refractivity contribution is -0.137. The second kappa shape index (κ2) is 4.87. The first kappa shape index (κ1) is 11.5. The molecule has 1 aromatic rings. The Morgan fingerprint density at radius 2 is 2.24 bits per heavy atom. The molecule has 0 bridgehead atoms. The van der Waals surface area contributed by atoms with E-state index in [2.05, 4.69) is 0 Å². The Hall–Kier alpha value is -2.03. The lowest BCUT2D eigenvalue weighted by Crippen LogP contribution is -2.01. The van der Waals surface area contributed by atoms with Gasteiger partial charge < -0.3 is 9.47 Å². The highest BCUT2D eigenvalue weighted by Gasteiger charge is 2.14. The molecule has 0 saturated carbocycles. The molecule has 2 rings (SSSR count). The van der Waals surface area contributed by atoms with Crippen LogP contribution in [-0.2, 0) is 9.53 Å². The molecule has 0 aliphatic heterocycles. The number of carbonyl (C=O) groups is 1. The predicted molar refractivity (Wildman–Crippen MR) is 66.6 cm³/mol. The molecule has 0 amide bonds. The molecule has 0 unspecified atom stereocenters. The van der Waals surface area contributed by atoms with Gasteiger partial charge in [0.1, 0.15) is 5.75 Å². The molecule has 0 heterocycles. The van der Waals surface area contributed by atoms with Gasteiger partial charge in [-0.05, 0) is 47.9 Å². The predicted octanol–water partition coefficient (Wildman–Crippen LogP) is 2.67. The number of hydrogen-bond acceptors (Lipinski definition) is 3. The minimum absolute atomic E-state index is 0.315. The number of fused-ring (bicyclic) bond motifs is 1. The average molecular weight is 230 g/mol. The first-order valence-corrected chi connectivity index (χ1v) is 5.49. The number of rotatable bonds is 4. The molecule has 88 valence electrons. The number of allylic oxidation sites excluding steroid dienone is 2. The van der Waals surface area contributed by atoms with Crippen molar-refractivity contribution < 1.29 is 14.3 Å². The van der Waals surface area contributed by atoms with E-state index in [1.807, 2.05) is 24.3 Å². The van der Waals surface area contributed by atoms with Gasteiger partial charge in [0, 0.05) is 6.08 Å². The number of esters is 1. The fourth-order valence-corrected chi connectivity index (χ4v) is 1.69. The number of hydrogen-bond donors (Lipinski definition) is 0. The molecule has 0 spiro atoms. The second-order valence-corrected chi connectivity index (χ2v) is 3.64. The summed E-state index contributed by atoms with van der Waals surface area (Å²) in [6.07, 6.45) is 5.22. The maximum atomic E-state index is 11.2. The van der Waals surface area contributed by atoms with Crippen LogP contribution >= 0.6 is 0 Å². The Labute approximate surface area is 100 Å². The molecular weight excluding hydrogens is 216 g/mol. The fourth-order valence-electron chi connectivity index (χ4n) is 1.69. The van der Waals surface area contributed by atoms with Gasteiger partial charge in [-0.25, -0.2) is 4.79 Å². The third-order valence-electron chi connectivity index (χ3n) is 2.57. The molecule has 1 aliphatic rings. The van der Waals surface area contributed by atoms with E-state index in [1.165, 1.54) is 6.08 Å². The van der Waals surface area contributed by atoms with Gasteiger partial charge in [-0.1, -0.05) is 6.07 Å². The van der Waals surface area contributed by atoms with E-state index in [0.717, 1.165) is 22.4 Å². The zero-order chi connectivity index (χ0) is 12.3. The quantitative estimate of drug-likeness (QED) is 0.589. The number of benzene rings is 1. The Morgan fingerprint density at radius 3 is 2.94 bits per heavy atom. The highest BCUT2D eigenvalue weighted by molar-refractivity contribution is 6.02. The summed E-state index contributed by atoms with van der Waals surface area (Å²) >= 11 is 0. The topological polar surface area (TPSA) is 35.5 Å². The molecule has 0 radical (unpaired) electrons. The highest BCUT2D eigenvalue weighted by Crippen LogP contribution is 2.35. The van der Waals surface area contributed by atoms with Crippen LogP contribution in [0.4, 0.5) is 0 Å². The van der Waals surface area contributed by atoms with Gasteiger partial charge >= 0.3 is 5.97 Å². The van der Waals surface area contributed by atoms with Gasteiger partial charge in [-0.15, -0.1) is 0 Å². The van der Waals surface area contributed by atoms with Crippen molar-refractivity contribution in [3.8, 4) is 5.75 Å². The van der Waals surface area contributed by atoms with Crippen molar-refractivity contribution in [1.82, 2.24) is 0 Å². The van der Waals surface area contributed by atoms with Crippen molar-refractivity contribution in [3.63, 3.8) is 0 Å². The molecule has 0 atom stereocenters. The van der Waals surface area contributed by atoms with Crippen molar-refractivity contribution in [3.05, 3.63) is 41.5 Å². The molecule has 17 heavy (non-hydrogen) atoms. The largest absolute Gasteiger partial charge is 0.497 e. The fraction of sp³-hybridized carbons (Fsp3) is 0.214. The molecule has 1 aromatic carbocycles. The van der Waals surface area contributed by atoms with E-state index >= 15 is 0 Å². The second-order valence-electron chi connectivity index (χ2n) is 3.64. The van der Waals surface area contributed by atoms with Crippen molar-refractivity contribution in [2.24, 2.45) is 0 Å². The minimum atomic E-state index is -0.315. The summed E-state index contributed by atoms with van der Waals surface area (Å²) in [6.45, 7) is 2.18. The number of ether oxygens (including phenoxy) is 2. The van der Waals surface area contributed by atoms with E-state index in [4.69, 9.17) is 9.47 Å². The van der Waals surface area contributed by atoms with Gasteiger partial charge in [0.05, 0.1) is 13.7 Å². The summed E-state index contributed by atoms with van der Waals surface area (Å²) < 4.78 is 9.97. The van der Waals surface area contributed by atoms with Crippen LogP contribution < -0.4 is 4.74 Å². The molecule has 0 saturated heterocycles. The summed E-state index contributed by atoms with van der Waals surface area (Å²) in [5, 5.41) is 0. The molecule has 1 aliphatic carbocycles. The molecule has 0 N–H and O–H groups in total. The Morgan fingerprint density at radius 1 is 1.41 bits per heavy atom. The molecule has 3 heteroatoms. The normalized spacial score (nSPS) is 12.7. The van der Waals surface area contributed by atoms with Crippen LogP contribution in [0, 0.1) is 0 Å². The zero-order valence-corrected chi connectivity index (χ0v) is 9.90. The van der Waals surface area contributed by atoms with Crippen LogP contribution in [0.3, 0.4) is 0 Å². The molecular formula is C14H14O3. The summed E-state index contributed by atoms with van der Waals surface area (Å²) in [4.78, 5) is 11.2. The van der Waals surface area contributed by atoms with E-state index in [0.29, 0.717) is 6.61 Å². The number of carbonyl (C=O) groups excluding carboxylic acids is 1. The van der Waals surface area contributed by atoms with Crippen LogP contribution in [-0.4, -0.2) is 19.7 Å².